The molecule has 43 heavy (non-hydrogen) atoms. The van der Waals surface area contributed by atoms with Gasteiger partial charge in [-0.3, -0.25) is 9.10 Å². The zero-order valence-electron chi connectivity index (χ0n) is 24.1. The minimum absolute atomic E-state index is 0.0108. The Hall–Kier alpha value is -4.39. The Morgan fingerprint density at radius 1 is 0.791 bits per heavy atom. The largest absolute Gasteiger partial charge is 0.497 e. The minimum atomic E-state index is -4.17. The number of nitrogens with zero attached hydrogens (tertiary/aromatic N) is 1. The molecule has 0 unspecified atom stereocenters. The molecule has 0 bridgehead atoms. The summed E-state index contributed by atoms with van der Waals surface area (Å²) in [5.41, 5.74) is 0.976. The van der Waals surface area contributed by atoms with E-state index in [1.54, 1.807) is 68.4 Å². The van der Waals surface area contributed by atoms with Crippen LogP contribution in [0.5, 0.6) is 11.5 Å². The van der Waals surface area contributed by atoms with E-state index in [4.69, 9.17) is 9.47 Å². The molecule has 2 N–H and O–H groups in total. The fraction of sp³-hybridized carbons (Fsp3) is 0.194. The Bertz CT molecular complexity index is 1790. The fourth-order valence-corrected chi connectivity index (χ4v) is 7.08. The lowest BCUT2D eigenvalue weighted by atomic mass is 10.1. The number of rotatable bonds is 12. The summed E-state index contributed by atoms with van der Waals surface area (Å²) in [6.45, 7) is 3.33. The van der Waals surface area contributed by atoms with Crippen molar-refractivity contribution in [3.05, 3.63) is 108 Å². The lowest BCUT2D eigenvalue weighted by Gasteiger charge is -2.27. The standard InChI is InChI=1S/C31H33N3O7S2/c1-22(2)33-42(36,37)26-18-19-30(41-4)28(20-26)32-31(35)27-12-8-9-13-29(27)34(21-23-10-6-5-7-11-23)43(38,39)25-16-14-24(40-3)15-17-25/h5-20,22,33H,21H2,1-4H3,(H,32,35). The van der Waals surface area contributed by atoms with Crippen molar-refractivity contribution in [2.75, 3.05) is 23.8 Å². The first kappa shape index (κ1) is 31.5. The third kappa shape index (κ3) is 7.34. The average Bonchev–Trinajstić information content (AvgIpc) is 2.99. The molecular weight excluding hydrogens is 590 g/mol. The monoisotopic (exact) mass is 623 g/mol. The third-order valence-electron chi connectivity index (χ3n) is 6.35. The molecule has 0 aromatic heterocycles. The summed E-state index contributed by atoms with van der Waals surface area (Å²) in [7, 11) is -5.16. The van der Waals surface area contributed by atoms with Crippen molar-refractivity contribution in [1.82, 2.24) is 4.72 Å². The summed E-state index contributed by atoms with van der Waals surface area (Å²) in [6.07, 6.45) is 0. The predicted molar refractivity (Wildman–Crippen MR) is 166 cm³/mol. The number of para-hydroxylation sites is 1. The van der Waals surface area contributed by atoms with E-state index in [2.05, 4.69) is 10.0 Å². The second kappa shape index (κ2) is 13.3. The molecule has 0 aliphatic carbocycles. The van der Waals surface area contributed by atoms with E-state index in [1.807, 2.05) is 6.07 Å². The van der Waals surface area contributed by atoms with Gasteiger partial charge >= 0.3 is 0 Å². The minimum Gasteiger partial charge on any atom is -0.497 e. The normalized spacial score (nSPS) is 11.7. The van der Waals surface area contributed by atoms with E-state index in [9.17, 15) is 21.6 Å². The quantitative estimate of drug-likeness (QED) is 0.226. The number of benzene rings is 4. The van der Waals surface area contributed by atoms with Crippen molar-refractivity contribution >= 4 is 37.3 Å². The maximum Gasteiger partial charge on any atom is 0.264 e. The van der Waals surface area contributed by atoms with Crippen molar-refractivity contribution in [1.29, 1.82) is 0 Å². The summed E-state index contributed by atoms with van der Waals surface area (Å²) in [6, 6.07) is 25.0. The van der Waals surface area contributed by atoms with Gasteiger partial charge in [-0.25, -0.2) is 21.6 Å². The van der Waals surface area contributed by atoms with Crippen LogP contribution in [0, 0.1) is 0 Å². The lowest BCUT2D eigenvalue weighted by Crippen LogP contribution is -2.32. The predicted octanol–water partition coefficient (Wildman–Crippen LogP) is 5.04. The molecule has 4 aromatic rings. The van der Waals surface area contributed by atoms with E-state index < -0.39 is 26.0 Å². The number of anilines is 2. The number of nitrogens with one attached hydrogen (secondary N) is 2. The van der Waals surface area contributed by atoms with Crippen molar-refractivity contribution in [3.63, 3.8) is 0 Å². The molecule has 0 aliphatic heterocycles. The van der Waals surface area contributed by atoms with Crippen LogP contribution < -0.4 is 23.8 Å². The van der Waals surface area contributed by atoms with Crippen molar-refractivity contribution in [2.45, 2.75) is 36.2 Å². The van der Waals surface area contributed by atoms with Crippen LogP contribution >= 0.6 is 0 Å². The molecule has 0 spiro atoms. The van der Waals surface area contributed by atoms with Gasteiger partial charge in [-0.2, -0.15) is 0 Å². The highest BCUT2D eigenvalue weighted by Crippen LogP contribution is 2.32. The van der Waals surface area contributed by atoms with E-state index in [0.29, 0.717) is 11.3 Å². The summed E-state index contributed by atoms with van der Waals surface area (Å²) < 4.78 is 68.0. The van der Waals surface area contributed by atoms with Gasteiger partial charge in [0.1, 0.15) is 11.5 Å². The third-order valence-corrected chi connectivity index (χ3v) is 9.78. The first-order valence-electron chi connectivity index (χ1n) is 13.3. The summed E-state index contributed by atoms with van der Waals surface area (Å²) in [5.74, 6) is 0.0553. The van der Waals surface area contributed by atoms with Crippen molar-refractivity contribution in [2.24, 2.45) is 0 Å². The van der Waals surface area contributed by atoms with Crippen LogP contribution in [0.4, 0.5) is 11.4 Å². The number of methoxy groups -OCH3 is 2. The summed E-state index contributed by atoms with van der Waals surface area (Å²) >= 11 is 0. The Labute approximate surface area is 252 Å². The first-order chi connectivity index (χ1) is 20.5. The average molecular weight is 624 g/mol. The van der Waals surface area contributed by atoms with Crippen LogP contribution in [-0.4, -0.2) is 43.0 Å². The molecule has 0 atom stereocenters. The van der Waals surface area contributed by atoms with E-state index in [1.165, 1.54) is 54.9 Å². The summed E-state index contributed by atoms with van der Waals surface area (Å²) in [4.78, 5) is 13.7. The Balaban J connectivity index is 1.78. The smallest absolute Gasteiger partial charge is 0.264 e. The number of amides is 1. The van der Waals surface area contributed by atoms with E-state index in [0.717, 1.165) is 0 Å². The van der Waals surface area contributed by atoms with Gasteiger partial charge in [0.25, 0.3) is 15.9 Å². The number of sulfonamides is 2. The number of hydrogen-bond acceptors (Lipinski definition) is 7. The molecule has 0 saturated carbocycles. The maximum atomic E-state index is 14.1. The van der Waals surface area contributed by atoms with Crippen LogP contribution in [0.3, 0.4) is 0 Å². The topological polar surface area (TPSA) is 131 Å². The van der Waals surface area contributed by atoms with Gasteiger partial charge in [0.05, 0.1) is 47.5 Å². The van der Waals surface area contributed by atoms with Gasteiger partial charge in [-0.1, -0.05) is 42.5 Å². The van der Waals surface area contributed by atoms with Crippen LogP contribution in [0.2, 0.25) is 0 Å². The Kier molecular flexibility index (Phi) is 9.74. The Morgan fingerprint density at radius 3 is 2.05 bits per heavy atom. The SMILES string of the molecule is COc1ccc(S(=O)(=O)N(Cc2ccccc2)c2ccccc2C(=O)Nc2cc(S(=O)(=O)NC(C)C)ccc2OC)cc1. The highest BCUT2D eigenvalue weighted by molar-refractivity contribution is 7.92. The Morgan fingerprint density at radius 2 is 1.42 bits per heavy atom. The molecule has 12 heteroatoms. The van der Waals surface area contributed by atoms with Crippen LogP contribution in [0.1, 0.15) is 29.8 Å². The van der Waals surface area contributed by atoms with Gasteiger partial charge in [0.15, 0.2) is 0 Å². The second-order valence-electron chi connectivity index (χ2n) is 9.78. The molecule has 0 heterocycles. The number of carbonyl (C=O) groups excluding carboxylic acids is 1. The molecule has 1 amide bonds. The van der Waals surface area contributed by atoms with Gasteiger partial charge in [0.2, 0.25) is 10.0 Å². The molecule has 0 aliphatic rings. The van der Waals surface area contributed by atoms with Gasteiger partial charge in [-0.05, 0) is 74.0 Å². The molecular formula is C31H33N3O7S2. The molecule has 226 valence electrons. The zero-order valence-corrected chi connectivity index (χ0v) is 25.8. The zero-order chi connectivity index (χ0) is 31.2. The molecule has 0 saturated heterocycles. The number of carbonyl (C=O) groups is 1. The first-order valence-corrected chi connectivity index (χ1v) is 16.2. The lowest BCUT2D eigenvalue weighted by molar-refractivity contribution is 0.102. The van der Waals surface area contributed by atoms with Crippen LogP contribution in [0.15, 0.2) is 107 Å². The van der Waals surface area contributed by atoms with E-state index >= 15 is 0 Å². The summed E-state index contributed by atoms with van der Waals surface area (Å²) in [5, 5.41) is 2.71. The fourth-order valence-electron chi connectivity index (χ4n) is 4.33. The maximum absolute atomic E-state index is 14.1. The van der Waals surface area contributed by atoms with Gasteiger partial charge in [0, 0.05) is 6.04 Å². The molecule has 4 aromatic carbocycles. The van der Waals surface area contributed by atoms with Gasteiger partial charge < -0.3 is 14.8 Å². The number of ether oxygens (including phenoxy) is 2. The highest BCUT2D eigenvalue weighted by atomic mass is 32.2. The second-order valence-corrected chi connectivity index (χ2v) is 13.4. The molecule has 0 fully saturated rings. The number of hydrogen-bond donors (Lipinski definition) is 2. The van der Waals surface area contributed by atoms with E-state index in [-0.39, 0.29) is 45.1 Å². The van der Waals surface area contributed by atoms with Gasteiger partial charge in [-0.15, -0.1) is 0 Å². The molecule has 0 radical (unpaired) electrons. The van der Waals surface area contributed by atoms with Crippen molar-refractivity contribution < 1.29 is 31.1 Å². The highest BCUT2D eigenvalue weighted by Gasteiger charge is 2.29. The van der Waals surface area contributed by atoms with Crippen LogP contribution in [0.25, 0.3) is 0 Å². The molecule has 4 rings (SSSR count). The van der Waals surface area contributed by atoms with Crippen LogP contribution in [-0.2, 0) is 26.6 Å². The molecule has 10 nitrogen and oxygen atoms in total. The van der Waals surface area contributed by atoms with Crippen molar-refractivity contribution in [3.8, 4) is 11.5 Å².